The maximum Gasteiger partial charge on any atom is 0.257 e. The number of hydrogen-bond acceptors (Lipinski definition) is 1. The quantitative estimate of drug-likeness (QED) is 0.816. The van der Waals surface area contributed by atoms with Crippen LogP contribution >= 0.6 is 0 Å². The molecule has 0 fully saturated rings. The molecule has 0 aliphatic rings. The molecule has 1 nitrogen and oxygen atoms in total. The number of alkyl halides is 2. The first-order chi connectivity index (χ1) is 7.00. The molecule has 1 rings (SSSR count). The maximum atomic E-state index is 12.4. The van der Waals surface area contributed by atoms with Gasteiger partial charge >= 0.3 is 0 Å². The zero-order chi connectivity index (χ0) is 11.4. The topological polar surface area (TPSA) is 26.0 Å². The molecule has 1 atom stereocenters. The summed E-state index contributed by atoms with van der Waals surface area (Å²) in [6.07, 6.45) is -1.61. The summed E-state index contributed by atoms with van der Waals surface area (Å²) >= 11 is 0. The van der Waals surface area contributed by atoms with Gasteiger partial charge in [-0.3, -0.25) is 0 Å². The molecule has 0 aliphatic carbocycles. The van der Waals surface area contributed by atoms with Gasteiger partial charge in [0.2, 0.25) is 0 Å². The highest BCUT2D eigenvalue weighted by Gasteiger charge is 2.17. The molecule has 0 aliphatic heterocycles. The van der Waals surface area contributed by atoms with Crippen molar-refractivity contribution in [2.24, 2.45) is 11.7 Å². The lowest BCUT2D eigenvalue weighted by Crippen LogP contribution is -2.19. The summed E-state index contributed by atoms with van der Waals surface area (Å²) in [5.74, 6) is 0.517. The lowest BCUT2D eigenvalue weighted by Gasteiger charge is -2.12. The van der Waals surface area contributed by atoms with Crippen LogP contribution in [0.1, 0.15) is 31.0 Å². The molecular weight excluding hydrogens is 196 g/mol. The third-order valence-corrected chi connectivity index (χ3v) is 2.25. The summed E-state index contributed by atoms with van der Waals surface area (Å²) < 4.78 is 24.8. The van der Waals surface area contributed by atoms with Crippen LogP contribution in [0.15, 0.2) is 24.3 Å². The molecule has 0 heterocycles. The number of hydrogen-bond donors (Lipinski definition) is 1. The summed E-state index contributed by atoms with van der Waals surface area (Å²) in [5.41, 5.74) is 6.97. The molecule has 3 heteroatoms. The van der Waals surface area contributed by atoms with Gasteiger partial charge in [-0.25, -0.2) is 8.78 Å². The van der Waals surface area contributed by atoms with E-state index in [1.807, 2.05) is 6.07 Å². The third kappa shape index (κ3) is 3.59. The minimum atomic E-state index is -2.50. The highest BCUT2D eigenvalue weighted by atomic mass is 19.3. The number of nitrogens with two attached hydrogens (primary N) is 1. The van der Waals surface area contributed by atoms with Crippen LogP contribution in [0.2, 0.25) is 0 Å². The van der Waals surface area contributed by atoms with E-state index in [1.54, 1.807) is 18.2 Å². The van der Waals surface area contributed by atoms with Crippen LogP contribution in [0.25, 0.3) is 0 Å². The van der Waals surface area contributed by atoms with Crippen molar-refractivity contribution in [3.05, 3.63) is 35.4 Å². The van der Waals surface area contributed by atoms with Gasteiger partial charge in [0.25, 0.3) is 6.43 Å². The second kappa shape index (κ2) is 5.21. The van der Waals surface area contributed by atoms with Gasteiger partial charge in [-0.05, 0) is 23.5 Å². The largest absolute Gasteiger partial charge is 0.319 e. The van der Waals surface area contributed by atoms with Crippen molar-refractivity contribution in [3.63, 3.8) is 0 Å². The number of rotatable bonds is 4. The second-order valence-electron chi connectivity index (χ2n) is 4.20. The highest BCUT2D eigenvalue weighted by Crippen LogP contribution is 2.20. The predicted octanol–water partition coefficient (Wildman–Crippen LogP) is 3.15. The second-order valence-corrected chi connectivity index (χ2v) is 4.20. The van der Waals surface area contributed by atoms with E-state index in [0.717, 1.165) is 12.0 Å². The first kappa shape index (κ1) is 12.1. The van der Waals surface area contributed by atoms with Crippen LogP contribution in [0.3, 0.4) is 0 Å². The fourth-order valence-electron chi connectivity index (χ4n) is 1.54. The molecule has 0 aromatic heterocycles. The van der Waals surface area contributed by atoms with Crippen molar-refractivity contribution in [2.45, 2.75) is 32.7 Å². The van der Waals surface area contributed by atoms with E-state index >= 15 is 0 Å². The minimum absolute atomic E-state index is 0.517. The van der Waals surface area contributed by atoms with Crippen molar-refractivity contribution in [3.8, 4) is 0 Å². The molecule has 0 saturated carbocycles. The number of benzene rings is 1. The van der Waals surface area contributed by atoms with E-state index in [9.17, 15) is 8.78 Å². The Morgan fingerprint density at radius 2 is 1.93 bits per heavy atom. The van der Waals surface area contributed by atoms with Gasteiger partial charge < -0.3 is 5.73 Å². The smallest absolute Gasteiger partial charge is 0.257 e. The Bertz CT molecular complexity index is 310. The van der Waals surface area contributed by atoms with Gasteiger partial charge in [0.15, 0.2) is 0 Å². The van der Waals surface area contributed by atoms with E-state index in [-0.39, 0.29) is 0 Å². The Morgan fingerprint density at radius 3 is 2.47 bits per heavy atom. The van der Waals surface area contributed by atoms with Crippen LogP contribution in [-0.2, 0) is 6.42 Å². The molecule has 1 aromatic rings. The molecule has 0 saturated heterocycles. The zero-order valence-corrected chi connectivity index (χ0v) is 9.08. The van der Waals surface area contributed by atoms with Gasteiger partial charge in [0.1, 0.15) is 0 Å². The normalized spacial score (nSPS) is 13.5. The molecular formula is C12H17F2N. The molecule has 1 unspecified atom stereocenters. The maximum absolute atomic E-state index is 12.4. The average Bonchev–Trinajstić information content (AvgIpc) is 2.16. The molecule has 2 N–H and O–H groups in total. The molecule has 84 valence electrons. The van der Waals surface area contributed by atoms with E-state index in [0.29, 0.717) is 11.5 Å². The number of halogens is 2. The average molecular weight is 213 g/mol. The van der Waals surface area contributed by atoms with Crippen LogP contribution < -0.4 is 5.73 Å². The fourth-order valence-corrected chi connectivity index (χ4v) is 1.54. The minimum Gasteiger partial charge on any atom is -0.319 e. The Hall–Kier alpha value is -0.960. The van der Waals surface area contributed by atoms with Crippen LogP contribution in [0, 0.1) is 5.92 Å². The van der Waals surface area contributed by atoms with Crippen molar-refractivity contribution >= 4 is 0 Å². The molecule has 0 radical (unpaired) electrons. The SMILES string of the molecule is CC(C)Cc1cccc(C(N)C(F)F)c1. The molecule has 0 bridgehead atoms. The summed E-state index contributed by atoms with van der Waals surface area (Å²) in [6, 6.07) is 5.99. The van der Waals surface area contributed by atoms with Gasteiger partial charge in [-0.1, -0.05) is 38.1 Å². The zero-order valence-electron chi connectivity index (χ0n) is 9.08. The standard InChI is InChI=1S/C12H17F2N/c1-8(2)6-9-4-3-5-10(7-9)11(15)12(13)14/h3-5,7-8,11-12H,6,15H2,1-2H3. The van der Waals surface area contributed by atoms with Crippen molar-refractivity contribution in [2.75, 3.05) is 0 Å². The monoisotopic (exact) mass is 213 g/mol. The molecule has 15 heavy (non-hydrogen) atoms. The lowest BCUT2D eigenvalue weighted by atomic mass is 9.99. The Morgan fingerprint density at radius 1 is 1.27 bits per heavy atom. The summed E-state index contributed by atoms with van der Waals surface area (Å²) in [5, 5.41) is 0. The van der Waals surface area contributed by atoms with Gasteiger partial charge in [0, 0.05) is 0 Å². The van der Waals surface area contributed by atoms with Crippen molar-refractivity contribution in [1.82, 2.24) is 0 Å². The molecule has 0 amide bonds. The Balaban J connectivity index is 2.82. The fraction of sp³-hybridized carbons (Fsp3) is 0.500. The van der Waals surface area contributed by atoms with E-state index in [4.69, 9.17) is 5.73 Å². The van der Waals surface area contributed by atoms with Crippen molar-refractivity contribution in [1.29, 1.82) is 0 Å². The highest BCUT2D eigenvalue weighted by molar-refractivity contribution is 5.26. The summed E-state index contributed by atoms with van der Waals surface area (Å²) in [7, 11) is 0. The third-order valence-electron chi connectivity index (χ3n) is 2.25. The van der Waals surface area contributed by atoms with E-state index < -0.39 is 12.5 Å². The first-order valence-electron chi connectivity index (χ1n) is 5.13. The van der Waals surface area contributed by atoms with E-state index in [1.165, 1.54) is 0 Å². The van der Waals surface area contributed by atoms with Crippen LogP contribution in [-0.4, -0.2) is 6.43 Å². The van der Waals surface area contributed by atoms with Gasteiger partial charge in [-0.2, -0.15) is 0 Å². The Kier molecular flexibility index (Phi) is 4.21. The summed E-state index contributed by atoms with van der Waals surface area (Å²) in [4.78, 5) is 0. The molecule has 1 aromatic carbocycles. The predicted molar refractivity (Wildman–Crippen MR) is 57.9 cm³/mol. The van der Waals surface area contributed by atoms with Gasteiger partial charge in [0.05, 0.1) is 6.04 Å². The lowest BCUT2D eigenvalue weighted by molar-refractivity contribution is 0.116. The van der Waals surface area contributed by atoms with E-state index in [2.05, 4.69) is 13.8 Å². The Labute approximate surface area is 89.3 Å². The summed E-state index contributed by atoms with van der Waals surface area (Å²) in [6.45, 7) is 4.19. The van der Waals surface area contributed by atoms with Crippen molar-refractivity contribution < 1.29 is 8.78 Å². The van der Waals surface area contributed by atoms with Gasteiger partial charge in [-0.15, -0.1) is 0 Å². The van der Waals surface area contributed by atoms with Crippen LogP contribution in [0.4, 0.5) is 8.78 Å². The molecule has 0 spiro atoms. The van der Waals surface area contributed by atoms with Crippen LogP contribution in [0.5, 0.6) is 0 Å². The first-order valence-corrected chi connectivity index (χ1v) is 5.13.